The van der Waals surface area contributed by atoms with Gasteiger partial charge in [0.15, 0.2) is 0 Å². The number of hydrogen-bond donors (Lipinski definition) is 0. The van der Waals surface area contributed by atoms with Crippen molar-refractivity contribution < 1.29 is 17.9 Å². The Morgan fingerprint density at radius 1 is 1.29 bits per heavy atom. The van der Waals surface area contributed by atoms with Gasteiger partial charge < -0.3 is 4.74 Å². The number of aryl methyl sites for hydroxylation is 1. The van der Waals surface area contributed by atoms with Crippen molar-refractivity contribution in [3.8, 4) is 0 Å². The minimum atomic E-state index is -3.77. The number of nitrogens with zero attached hydrogens (tertiary/aromatic N) is 2. The van der Waals surface area contributed by atoms with Crippen LogP contribution in [0.4, 0.5) is 0 Å². The first kappa shape index (κ1) is 18.1. The summed E-state index contributed by atoms with van der Waals surface area (Å²) in [5, 5.41) is 0. The van der Waals surface area contributed by atoms with E-state index in [0.29, 0.717) is 0 Å². The summed E-state index contributed by atoms with van der Waals surface area (Å²) in [4.78, 5) is 15.9. The third-order valence-electron chi connectivity index (χ3n) is 3.51. The van der Waals surface area contributed by atoms with E-state index in [0.717, 1.165) is 15.4 Å². The predicted molar refractivity (Wildman–Crippen MR) is 89.7 cm³/mol. The number of aromatic nitrogens is 1. The fraction of sp³-hybridized carbons (Fsp3) is 0.294. The molecule has 1 atom stereocenters. The SMILES string of the molecule is Cc1cccc([C@H](C)OC(=O)CN(C)S(=O)(=O)c2cccnc2)c1. The van der Waals surface area contributed by atoms with Crippen LogP contribution in [0.15, 0.2) is 53.7 Å². The summed E-state index contributed by atoms with van der Waals surface area (Å²) in [6.07, 6.45) is 2.27. The summed E-state index contributed by atoms with van der Waals surface area (Å²) in [5.41, 5.74) is 1.92. The molecule has 0 saturated carbocycles. The van der Waals surface area contributed by atoms with Crippen LogP contribution in [0.5, 0.6) is 0 Å². The molecule has 7 heteroatoms. The second kappa shape index (κ2) is 7.55. The Balaban J connectivity index is 2.01. The lowest BCUT2D eigenvalue weighted by Gasteiger charge is -2.19. The highest BCUT2D eigenvalue weighted by molar-refractivity contribution is 7.89. The van der Waals surface area contributed by atoms with Crippen LogP contribution >= 0.6 is 0 Å². The molecular formula is C17H20N2O4S. The normalized spacial score (nSPS) is 12.8. The molecule has 0 unspecified atom stereocenters. The highest BCUT2D eigenvalue weighted by Crippen LogP contribution is 2.19. The molecule has 0 N–H and O–H groups in total. The molecule has 2 rings (SSSR count). The van der Waals surface area contributed by atoms with Gasteiger partial charge in [0, 0.05) is 19.4 Å². The van der Waals surface area contributed by atoms with Gasteiger partial charge in [0.05, 0.1) is 0 Å². The molecule has 0 aliphatic rings. The quantitative estimate of drug-likeness (QED) is 0.749. The van der Waals surface area contributed by atoms with Gasteiger partial charge in [-0.25, -0.2) is 8.42 Å². The molecular weight excluding hydrogens is 328 g/mol. The first-order chi connectivity index (χ1) is 11.3. The highest BCUT2D eigenvalue weighted by atomic mass is 32.2. The third kappa shape index (κ3) is 4.39. The van der Waals surface area contributed by atoms with Crippen molar-refractivity contribution in [2.75, 3.05) is 13.6 Å². The molecule has 0 bridgehead atoms. The van der Waals surface area contributed by atoms with Crippen LogP contribution in [0, 0.1) is 6.92 Å². The number of sulfonamides is 1. The molecule has 0 aliphatic carbocycles. The summed E-state index contributed by atoms with van der Waals surface area (Å²) >= 11 is 0. The molecule has 0 radical (unpaired) electrons. The minimum absolute atomic E-state index is 0.0343. The average Bonchev–Trinajstić information content (AvgIpc) is 2.55. The Kier molecular flexibility index (Phi) is 5.69. The topological polar surface area (TPSA) is 76.6 Å². The number of esters is 1. The van der Waals surface area contributed by atoms with E-state index in [2.05, 4.69) is 4.98 Å². The number of carbonyl (C=O) groups excluding carboxylic acids is 1. The summed E-state index contributed by atoms with van der Waals surface area (Å²) < 4.78 is 31.0. The number of carbonyl (C=O) groups is 1. The Hall–Kier alpha value is -2.25. The van der Waals surface area contributed by atoms with Crippen LogP contribution in [0.25, 0.3) is 0 Å². The average molecular weight is 348 g/mol. The van der Waals surface area contributed by atoms with E-state index in [1.54, 1.807) is 6.92 Å². The van der Waals surface area contributed by atoms with Gasteiger partial charge in [-0.2, -0.15) is 4.31 Å². The van der Waals surface area contributed by atoms with Crippen molar-refractivity contribution in [1.29, 1.82) is 0 Å². The maximum Gasteiger partial charge on any atom is 0.321 e. The molecule has 0 aliphatic heterocycles. The second-order valence-corrected chi connectivity index (χ2v) is 7.54. The van der Waals surface area contributed by atoms with Crippen molar-refractivity contribution in [2.24, 2.45) is 0 Å². The Morgan fingerprint density at radius 3 is 2.67 bits per heavy atom. The lowest BCUT2D eigenvalue weighted by Crippen LogP contribution is -2.33. The second-order valence-electron chi connectivity index (χ2n) is 5.50. The van der Waals surface area contributed by atoms with Crippen molar-refractivity contribution in [3.05, 3.63) is 59.9 Å². The van der Waals surface area contributed by atoms with E-state index in [1.807, 2.05) is 31.2 Å². The van der Waals surface area contributed by atoms with Crippen LogP contribution in [-0.2, 0) is 19.6 Å². The molecule has 6 nitrogen and oxygen atoms in total. The van der Waals surface area contributed by atoms with Crippen molar-refractivity contribution in [2.45, 2.75) is 24.8 Å². The molecule has 128 valence electrons. The van der Waals surface area contributed by atoms with Crippen LogP contribution in [0.1, 0.15) is 24.2 Å². The van der Waals surface area contributed by atoms with E-state index in [9.17, 15) is 13.2 Å². The largest absolute Gasteiger partial charge is 0.457 e. The molecule has 1 heterocycles. The summed E-state index contributed by atoms with van der Waals surface area (Å²) in [6.45, 7) is 3.34. The third-order valence-corrected chi connectivity index (χ3v) is 5.30. The summed E-state index contributed by atoms with van der Waals surface area (Å²) in [7, 11) is -2.44. The van der Waals surface area contributed by atoms with Crippen molar-refractivity contribution >= 4 is 16.0 Å². The van der Waals surface area contributed by atoms with E-state index < -0.39 is 22.1 Å². The van der Waals surface area contributed by atoms with Crippen molar-refractivity contribution in [1.82, 2.24) is 9.29 Å². The number of benzene rings is 1. The number of ether oxygens (including phenoxy) is 1. The van der Waals surface area contributed by atoms with Crippen LogP contribution in [0.3, 0.4) is 0 Å². The van der Waals surface area contributed by atoms with Gasteiger partial charge in [-0.15, -0.1) is 0 Å². The number of pyridine rings is 1. The van der Waals surface area contributed by atoms with Crippen LogP contribution in [-0.4, -0.2) is 37.3 Å². The highest BCUT2D eigenvalue weighted by Gasteiger charge is 2.24. The zero-order valence-corrected chi connectivity index (χ0v) is 14.7. The zero-order valence-electron chi connectivity index (χ0n) is 13.8. The zero-order chi connectivity index (χ0) is 17.7. The monoisotopic (exact) mass is 348 g/mol. The van der Waals surface area contributed by atoms with Crippen molar-refractivity contribution in [3.63, 3.8) is 0 Å². The first-order valence-corrected chi connectivity index (χ1v) is 8.87. The molecule has 0 fully saturated rings. The molecule has 0 saturated heterocycles. The van der Waals surface area contributed by atoms with Crippen LogP contribution in [0.2, 0.25) is 0 Å². The van der Waals surface area contributed by atoms with Gasteiger partial charge in [0.25, 0.3) is 0 Å². The van der Waals surface area contributed by atoms with Gasteiger partial charge >= 0.3 is 5.97 Å². The Morgan fingerprint density at radius 2 is 2.04 bits per heavy atom. The maximum atomic E-state index is 12.3. The predicted octanol–water partition coefficient (Wildman–Crippen LogP) is 2.31. The molecule has 1 aromatic heterocycles. The fourth-order valence-electron chi connectivity index (χ4n) is 2.17. The number of rotatable bonds is 6. The smallest absolute Gasteiger partial charge is 0.321 e. The Labute approximate surface area is 142 Å². The molecule has 1 aromatic carbocycles. The van der Waals surface area contributed by atoms with Gasteiger partial charge in [0.1, 0.15) is 17.5 Å². The van der Waals surface area contributed by atoms with Gasteiger partial charge in [-0.1, -0.05) is 29.8 Å². The number of likely N-dealkylation sites (N-methyl/N-ethyl adjacent to an activating group) is 1. The van der Waals surface area contributed by atoms with E-state index in [4.69, 9.17) is 4.74 Å². The van der Waals surface area contributed by atoms with E-state index in [1.165, 1.54) is 31.6 Å². The van der Waals surface area contributed by atoms with Gasteiger partial charge in [0.2, 0.25) is 10.0 Å². The molecule has 24 heavy (non-hydrogen) atoms. The Bertz CT molecular complexity index is 806. The lowest BCUT2D eigenvalue weighted by atomic mass is 10.1. The van der Waals surface area contributed by atoms with Gasteiger partial charge in [-0.05, 0) is 31.5 Å². The molecule has 0 spiro atoms. The maximum absolute atomic E-state index is 12.3. The fourth-order valence-corrected chi connectivity index (χ4v) is 3.25. The molecule has 0 amide bonds. The standard InChI is InChI=1S/C17H20N2O4S/c1-13-6-4-7-15(10-13)14(2)23-17(20)12-19(3)24(21,22)16-8-5-9-18-11-16/h4-11,14H,12H2,1-3H3/t14-/m0/s1. The number of hydrogen-bond acceptors (Lipinski definition) is 5. The summed E-state index contributed by atoms with van der Waals surface area (Å²) in [6, 6.07) is 10.6. The summed E-state index contributed by atoms with van der Waals surface area (Å²) in [5.74, 6) is -0.612. The first-order valence-electron chi connectivity index (χ1n) is 7.43. The van der Waals surface area contributed by atoms with Gasteiger partial charge in [-0.3, -0.25) is 9.78 Å². The lowest BCUT2D eigenvalue weighted by molar-refractivity contribution is -0.148. The van der Waals surface area contributed by atoms with E-state index >= 15 is 0 Å². The van der Waals surface area contributed by atoms with E-state index in [-0.39, 0.29) is 11.4 Å². The minimum Gasteiger partial charge on any atom is -0.457 e. The van der Waals surface area contributed by atoms with Crippen LogP contribution < -0.4 is 0 Å². The molecule has 2 aromatic rings.